The third-order valence-electron chi connectivity index (χ3n) is 9.97. The Morgan fingerprint density at radius 3 is 1.33 bits per heavy atom. The molecular formula is C49H40N6O3. The highest BCUT2D eigenvalue weighted by atomic mass is 16.2. The molecule has 0 spiro atoms. The molecule has 6 aromatic rings. The van der Waals surface area contributed by atoms with E-state index in [-0.39, 0.29) is 23.1 Å². The predicted octanol–water partition coefficient (Wildman–Crippen LogP) is 8.72. The number of amides is 2. The first-order chi connectivity index (χ1) is 28.2. The third kappa shape index (κ3) is 7.36. The summed E-state index contributed by atoms with van der Waals surface area (Å²) in [5, 5.41) is 0. The summed E-state index contributed by atoms with van der Waals surface area (Å²) >= 11 is 0. The summed E-state index contributed by atoms with van der Waals surface area (Å²) in [4.78, 5) is 60.7. The average Bonchev–Trinajstić information content (AvgIpc) is 3.76. The van der Waals surface area contributed by atoms with Crippen molar-refractivity contribution in [2.45, 2.75) is 0 Å². The third-order valence-corrected chi connectivity index (χ3v) is 9.97. The second kappa shape index (κ2) is 15.8. The normalized spacial score (nSPS) is 15.2. The van der Waals surface area contributed by atoms with Crippen LogP contribution in [-0.2, 0) is 9.59 Å². The molecule has 2 heterocycles. The molecule has 0 saturated carbocycles. The van der Waals surface area contributed by atoms with Crippen molar-refractivity contribution < 1.29 is 14.4 Å². The fourth-order valence-corrected chi connectivity index (χ4v) is 6.88. The van der Waals surface area contributed by atoms with E-state index in [4.69, 9.17) is 9.98 Å². The molecule has 9 heteroatoms. The first-order valence-corrected chi connectivity index (χ1v) is 18.9. The summed E-state index contributed by atoms with van der Waals surface area (Å²) in [7, 11) is 7.88. The maximum Gasteiger partial charge on any atom is 0.282 e. The van der Waals surface area contributed by atoms with Crippen molar-refractivity contribution in [3.05, 3.63) is 203 Å². The number of aliphatic imine (C=N–C) groups is 2. The lowest BCUT2D eigenvalue weighted by molar-refractivity contribution is -0.114. The molecule has 8 rings (SSSR count). The molecular weight excluding hydrogens is 721 g/mol. The van der Waals surface area contributed by atoms with Gasteiger partial charge in [-0.3, -0.25) is 24.2 Å². The molecule has 284 valence electrons. The Hall–Kier alpha value is -7.65. The van der Waals surface area contributed by atoms with Gasteiger partial charge in [-0.15, -0.1) is 0 Å². The summed E-state index contributed by atoms with van der Waals surface area (Å²) in [5.41, 5.74) is 6.92. The monoisotopic (exact) mass is 760 g/mol. The first-order valence-electron chi connectivity index (χ1n) is 18.9. The number of ketones is 1. The second-order valence-corrected chi connectivity index (χ2v) is 14.3. The summed E-state index contributed by atoms with van der Waals surface area (Å²) in [6.45, 7) is 0. The number of carbonyl (C=O) groups excluding carboxylic acids is 3. The number of rotatable bonds is 10. The van der Waals surface area contributed by atoms with Gasteiger partial charge in [-0.2, -0.15) is 0 Å². The Labute approximate surface area is 337 Å². The molecule has 2 aliphatic heterocycles. The topological polar surface area (TPSA) is 88.9 Å². The van der Waals surface area contributed by atoms with Gasteiger partial charge in [0.2, 0.25) is 0 Å². The maximum absolute atomic E-state index is 14.9. The van der Waals surface area contributed by atoms with Crippen LogP contribution in [-0.4, -0.2) is 57.5 Å². The molecule has 0 unspecified atom stereocenters. The van der Waals surface area contributed by atoms with E-state index in [0.29, 0.717) is 45.3 Å². The van der Waals surface area contributed by atoms with Crippen molar-refractivity contribution in [2.75, 3.05) is 47.8 Å². The van der Waals surface area contributed by atoms with Crippen LogP contribution in [0.25, 0.3) is 12.2 Å². The van der Waals surface area contributed by atoms with Gasteiger partial charge in [0.25, 0.3) is 11.8 Å². The highest BCUT2D eigenvalue weighted by Gasteiger charge is 2.39. The number of hydrogen-bond donors (Lipinski definition) is 0. The summed E-state index contributed by atoms with van der Waals surface area (Å²) in [6, 6.07) is 48.6. The fraction of sp³-hybridized carbons (Fsp3) is 0.0816. The van der Waals surface area contributed by atoms with Crippen molar-refractivity contribution >= 4 is 64.2 Å². The number of benzene rings is 6. The second-order valence-electron chi connectivity index (χ2n) is 14.3. The number of carbonyl (C=O) groups is 3. The van der Waals surface area contributed by atoms with E-state index in [0.717, 1.165) is 22.5 Å². The van der Waals surface area contributed by atoms with E-state index >= 15 is 0 Å². The summed E-state index contributed by atoms with van der Waals surface area (Å²) in [5.74, 6) is -0.301. The molecule has 0 N–H and O–H groups in total. The molecule has 2 aliphatic rings. The molecule has 58 heavy (non-hydrogen) atoms. The summed E-state index contributed by atoms with van der Waals surface area (Å²) in [6.07, 6.45) is 3.52. The number of hydrogen-bond acceptors (Lipinski definition) is 7. The Balaban J connectivity index is 1.31. The van der Waals surface area contributed by atoms with Gasteiger partial charge in [0.15, 0.2) is 5.78 Å². The van der Waals surface area contributed by atoms with E-state index < -0.39 is 5.91 Å². The van der Waals surface area contributed by atoms with Crippen molar-refractivity contribution in [2.24, 2.45) is 9.98 Å². The summed E-state index contributed by atoms with van der Waals surface area (Å²) < 4.78 is 0. The molecule has 0 fully saturated rings. The largest absolute Gasteiger partial charge is 0.378 e. The van der Waals surface area contributed by atoms with Gasteiger partial charge >= 0.3 is 0 Å². The number of nitrogens with zero attached hydrogens (tertiary/aromatic N) is 6. The minimum Gasteiger partial charge on any atom is -0.378 e. The zero-order valence-electron chi connectivity index (χ0n) is 32.6. The molecule has 0 atom stereocenters. The maximum atomic E-state index is 14.9. The van der Waals surface area contributed by atoms with Crippen LogP contribution in [0.2, 0.25) is 0 Å². The van der Waals surface area contributed by atoms with E-state index in [1.54, 1.807) is 42.5 Å². The highest BCUT2D eigenvalue weighted by molar-refractivity contribution is 6.38. The van der Waals surface area contributed by atoms with E-state index in [2.05, 4.69) is 0 Å². The highest BCUT2D eigenvalue weighted by Crippen LogP contribution is 2.40. The Morgan fingerprint density at radius 2 is 0.897 bits per heavy atom. The quantitative estimate of drug-likeness (QED) is 0.103. The van der Waals surface area contributed by atoms with Crippen LogP contribution in [0, 0.1) is 0 Å². The zero-order chi connectivity index (χ0) is 40.3. The van der Waals surface area contributed by atoms with Gasteiger partial charge < -0.3 is 9.80 Å². The van der Waals surface area contributed by atoms with Crippen molar-refractivity contribution in [1.82, 2.24) is 0 Å². The minimum absolute atomic E-state index is 0.202. The SMILES string of the molecule is CN(C)c1ccc(C=C2N=C(c3ccccc3)N(c3cc(C(=O)c4ccccc4)ccc3N3C(=O)/C(=C/c4ccc(N(C)C)cc4)N=C3c3ccccc3)C2=O)cc1. The lowest BCUT2D eigenvalue weighted by atomic mass is 10.0. The minimum atomic E-state index is -0.414. The van der Waals surface area contributed by atoms with Crippen LogP contribution in [0.4, 0.5) is 22.7 Å². The first kappa shape index (κ1) is 37.3. The van der Waals surface area contributed by atoms with Crippen molar-refractivity contribution in [1.29, 1.82) is 0 Å². The fourth-order valence-electron chi connectivity index (χ4n) is 6.88. The lowest BCUT2D eigenvalue weighted by Gasteiger charge is -2.27. The van der Waals surface area contributed by atoms with E-state index in [1.165, 1.54) is 9.80 Å². The molecule has 2 amide bonds. The van der Waals surface area contributed by atoms with Crippen LogP contribution in [0.3, 0.4) is 0 Å². The van der Waals surface area contributed by atoms with Gasteiger partial charge in [0, 0.05) is 61.8 Å². The molecule has 6 aromatic carbocycles. The standard InChI is InChI=1S/C49H40N6O3/c1-52(2)39-25-20-33(21-26-39)30-41-48(57)54(46(50-41)36-16-10-6-11-17-36)43-29-24-38(45(56)35-14-8-5-9-15-35)32-44(43)55-47(37-18-12-7-13-19-37)51-42(49(55)58)31-34-22-27-40(28-23-34)53(3)4/h5-32H,1-4H3/b41-30-,42-31?. The van der Waals surface area contributed by atoms with Crippen molar-refractivity contribution in [3.63, 3.8) is 0 Å². The number of anilines is 4. The average molecular weight is 761 g/mol. The molecule has 0 aromatic heterocycles. The van der Waals surface area contributed by atoms with Crippen LogP contribution in [0.5, 0.6) is 0 Å². The number of amidine groups is 2. The van der Waals surface area contributed by atoms with Gasteiger partial charge in [0.1, 0.15) is 23.1 Å². The van der Waals surface area contributed by atoms with Gasteiger partial charge in [0.05, 0.1) is 11.4 Å². The smallest absolute Gasteiger partial charge is 0.282 e. The van der Waals surface area contributed by atoms with Crippen LogP contribution < -0.4 is 19.6 Å². The van der Waals surface area contributed by atoms with Gasteiger partial charge in [-0.25, -0.2) is 9.98 Å². The van der Waals surface area contributed by atoms with E-state index in [1.807, 2.05) is 165 Å². The zero-order valence-corrected chi connectivity index (χ0v) is 32.6. The Kier molecular flexibility index (Phi) is 10.2. The van der Waals surface area contributed by atoms with Crippen LogP contribution >= 0.6 is 0 Å². The lowest BCUT2D eigenvalue weighted by Crippen LogP contribution is -2.38. The Morgan fingerprint density at radius 1 is 0.483 bits per heavy atom. The molecule has 0 bridgehead atoms. The van der Waals surface area contributed by atoms with Crippen LogP contribution in [0.15, 0.2) is 179 Å². The predicted molar refractivity (Wildman–Crippen MR) is 235 cm³/mol. The molecule has 0 aliphatic carbocycles. The molecule has 0 radical (unpaired) electrons. The van der Waals surface area contributed by atoms with Gasteiger partial charge in [-0.05, 0) is 65.7 Å². The molecule has 9 nitrogen and oxygen atoms in total. The Bertz CT molecular complexity index is 2650. The van der Waals surface area contributed by atoms with Gasteiger partial charge in [-0.1, -0.05) is 115 Å². The van der Waals surface area contributed by atoms with Crippen molar-refractivity contribution in [3.8, 4) is 0 Å². The van der Waals surface area contributed by atoms with E-state index in [9.17, 15) is 14.4 Å². The molecule has 0 saturated heterocycles. The van der Waals surface area contributed by atoms with Crippen LogP contribution in [0.1, 0.15) is 38.2 Å².